The van der Waals surface area contributed by atoms with E-state index in [-0.39, 0.29) is 5.82 Å². The maximum absolute atomic E-state index is 14.9. The highest BCUT2D eigenvalue weighted by molar-refractivity contribution is 5.86. The van der Waals surface area contributed by atoms with Gasteiger partial charge in [-0.15, -0.1) is 0 Å². The van der Waals surface area contributed by atoms with Crippen molar-refractivity contribution in [2.24, 2.45) is 0 Å². The molecule has 0 fully saturated rings. The molecule has 130 valence electrons. The monoisotopic (exact) mass is 335 g/mol. The standard InChI is InChI=1S/C23H26FN/c1-5-7-17-14-22-19(20(8-6-2)23(17)24)9-10-21(25-22)18-12-15(3)11-16(4)13-18/h9-14H,5-8H2,1-4H3. The molecule has 0 saturated heterocycles. The molecule has 2 aromatic carbocycles. The van der Waals surface area contributed by atoms with E-state index in [1.165, 1.54) is 11.1 Å². The largest absolute Gasteiger partial charge is 0.248 e. The molecule has 0 bridgehead atoms. The molecule has 1 nitrogen and oxygen atoms in total. The molecule has 2 heteroatoms. The normalized spacial score (nSPS) is 11.2. The second-order valence-corrected chi connectivity index (χ2v) is 6.97. The lowest BCUT2D eigenvalue weighted by Crippen LogP contribution is -2.00. The second-order valence-electron chi connectivity index (χ2n) is 6.97. The molecule has 0 spiro atoms. The number of rotatable bonds is 5. The Kier molecular flexibility index (Phi) is 5.17. The van der Waals surface area contributed by atoms with Crippen LogP contribution < -0.4 is 0 Å². The second kappa shape index (κ2) is 7.35. The summed E-state index contributed by atoms with van der Waals surface area (Å²) in [4.78, 5) is 4.89. The van der Waals surface area contributed by atoms with E-state index in [4.69, 9.17) is 4.98 Å². The average Bonchev–Trinajstić information content (AvgIpc) is 2.57. The summed E-state index contributed by atoms with van der Waals surface area (Å²) in [7, 11) is 0. The van der Waals surface area contributed by atoms with Crippen LogP contribution in [0.25, 0.3) is 22.2 Å². The summed E-state index contributed by atoms with van der Waals surface area (Å²) in [6, 6.07) is 12.5. The molecule has 25 heavy (non-hydrogen) atoms. The minimum atomic E-state index is -0.0304. The highest BCUT2D eigenvalue weighted by atomic mass is 19.1. The van der Waals surface area contributed by atoms with Crippen molar-refractivity contribution in [3.05, 3.63) is 64.5 Å². The SMILES string of the molecule is CCCc1cc2nc(-c3cc(C)cc(C)c3)ccc2c(CCC)c1F. The predicted octanol–water partition coefficient (Wildman–Crippen LogP) is 6.56. The molecule has 0 aliphatic heterocycles. The van der Waals surface area contributed by atoms with E-state index >= 15 is 0 Å². The summed E-state index contributed by atoms with van der Waals surface area (Å²) < 4.78 is 14.9. The zero-order chi connectivity index (χ0) is 18.0. The van der Waals surface area contributed by atoms with Gasteiger partial charge in [0.25, 0.3) is 0 Å². The van der Waals surface area contributed by atoms with Gasteiger partial charge in [0, 0.05) is 10.9 Å². The van der Waals surface area contributed by atoms with Crippen LogP contribution in [0.1, 0.15) is 48.9 Å². The number of hydrogen-bond acceptors (Lipinski definition) is 1. The van der Waals surface area contributed by atoms with Crippen LogP contribution in [0.4, 0.5) is 4.39 Å². The molecule has 0 aliphatic carbocycles. The Morgan fingerprint density at radius 1 is 0.880 bits per heavy atom. The van der Waals surface area contributed by atoms with Crippen LogP contribution in [0.2, 0.25) is 0 Å². The van der Waals surface area contributed by atoms with Gasteiger partial charge in [-0.1, -0.05) is 49.9 Å². The van der Waals surface area contributed by atoms with Gasteiger partial charge in [-0.25, -0.2) is 9.37 Å². The number of pyridine rings is 1. The van der Waals surface area contributed by atoms with Crippen molar-refractivity contribution in [2.45, 2.75) is 53.4 Å². The average molecular weight is 335 g/mol. The number of aromatic nitrogens is 1. The van der Waals surface area contributed by atoms with Crippen LogP contribution in [0.15, 0.2) is 36.4 Å². The van der Waals surface area contributed by atoms with Crippen molar-refractivity contribution < 1.29 is 4.39 Å². The van der Waals surface area contributed by atoms with Gasteiger partial charge in [0.1, 0.15) is 5.82 Å². The van der Waals surface area contributed by atoms with Crippen LogP contribution >= 0.6 is 0 Å². The Labute approximate surface area is 149 Å². The lowest BCUT2D eigenvalue weighted by molar-refractivity contribution is 0.591. The first-order chi connectivity index (χ1) is 12.0. The molecule has 0 radical (unpaired) electrons. The van der Waals surface area contributed by atoms with Gasteiger partial charge < -0.3 is 0 Å². The fraction of sp³-hybridized carbons (Fsp3) is 0.348. The van der Waals surface area contributed by atoms with Crippen LogP contribution in [0.5, 0.6) is 0 Å². The molecule has 0 N–H and O–H groups in total. The maximum atomic E-state index is 14.9. The Morgan fingerprint density at radius 3 is 2.20 bits per heavy atom. The predicted molar refractivity (Wildman–Crippen MR) is 105 cm³/mol. The van der Waals surface area contributed by atoms with Gasteiger partial charge in [0.15, 0.2) is 0 Å². The third-order valence-electron chi connectivity index (χ3n) is 4.64. The molecule has 0 amide bonds. The number of fused-ring (bicyclic) bond motifs is 1. The van der Waals surface area contributed by atoms with Crippen LogP contribution in [-0.4, -0.2) is 4.98 Å². The van der Waals surface area contributed by atoms with E-state index in [1.54, 1.807) is 0 Å². The summed E-state index contributed by atoms with van der Waals surface area (Å²) in [5.41, 5.74) is 7.06. The van der Waals surface area contributed by atoms with Crippen LogP contribution in [0, 0.1) is 19.7 Å². The maximum Gasteiger partial charge on any atom is 0.130 e. The number of benzene rings is 2. The van der Waals surface area contributed by atoms with Crippen molar-refractivity contribution in [2.75, 3.05) is 0 Å². The molecule has 3 aromatic rings. The van der Waals surface area contributed by atoms with Gasteiger partial charge in [-0.2, -0.15) is 0 Å². The highest BCUT2D eigenvalue weighted by Gasteiger charge is 2.14. The number of aryl methyl sites for hydroxylation is 4. The summed E-state index contributed by atoms with van der Waals surface area (Å²) in [6.07, 6.45) is 3.38. The molecule has 0 unspecified atom stereocenters. The van der Waals surface area contributed by atoms with E-state index in [1.807, 2.05) is 18.2 Å². The number of nitrogens with zero attached hydrogens (tertiary/aromatic N) is 1. The summed E-state index contributed by atoms with van der Waals surface area (Å²) in [5, 5.41) is 0.951. The topological polar surface area (TPSA) is 12.9 Å². The smallest absolute Gasteiger partial charge is 0.130 e. The Hall–Kier alpha value is -2.22. The quantitative estimate of drug-likeness (QED) is 0.514. The Balaban J connectivity index is 2.20. The van der Waals surface area contributed by atoms with Crippen molar-refractivity contribution in [1.29, 1.82) is 0 Å². The van der Waals surface area contributed by atoms with Crippen LogP contribution in [-0.2, 0) is 12.8 Å². The van der Waals surface area contributed by atoms with Gasteiger partial charge >= 0.3 is 0 Å². The lowest BCUT2D eigenvalue weighted by atomic mass is 9.96. The fourth-order valence-electron chi connectivity index (χ4n) is 3.61. The zero-order valence-corrected chi connectivity index (χ0v) is 15.6. The minimum absolute atomic E-state index is 0.0304. The van der Waals surface area contributed by atoms with E-state index in [9.17, 15) is 4.39 Å². The first-order valence-corrected chi connectivity index (χ1v) is 9.23. The summed E-state index contributed by atoms with van der Waals surface area (Å²) in [6.45, 7) is 8.38. The zero-order valence-electron chi connectivity index (χ0n) is 15.6. The Bertz CT molecular complexity index is 891. The molecule has 0 aliphatic rings. The third-order valence-corrected chi connectivity index (χ3v) is 4.64. The number of hydrogen-bond donors (Lipinski definition) is 0. The molecule has 3 rings (SSSR count). The van der Waals surface area contributed by atoms with Gasteiger partial charge in [-0.05, 0) is 62.1 Å². The van der Waals surface area contributed by atoms with Crippen molar-refractivity contribution in [3.63, 3.8) is 0 Å². The minimum Gasteiger partial charge on any atom is -0.248 e. The van der Waals surface area contributed by atoms with Crippen molar-refractivity contribution in [3.8, 4) is 11.3 Å². The summed E-state index contributed by atoms with van der Waals surface area (Å²) >= 11 is 0. The Morgan fingerprint density at radius 2 is 1.56 bits per heavy atom. The first-order valence-electron chi connectivity index (χ1n) is 9.23. The van der Waals surface area contributed by atoms with E-state index in [0.717, 1.165) is 59.0 Å². The highest BCUT2D eigenvalue weighted by Crippen LogP contribution is 2.29. The van der Waals surface area contributed by atoms with Gasteiger partial charge in [-0.3, -0.25) is 0 Å². The molecular formula is C23H26FN. The van der Waals surface area contributed by atoms with Crippen LogP contribution in [0.3, 0.4) is 0 Å². The lowest BCUT2D eigenvalue weighted by Gasteiger charge is -2.13. The summed E-state index contributed by atoms with van der Waals surface area (Å²) in [5.74, 6) is -0.0304. The molecule has 1 aromatic heterocycles. The third kappa shape index (κ3) is 3.58. The molecule has 1 heterocycles. The van der Waals surface area contributed by atoms with E-state index < -0.39 is 0 Å². The van der Waals surface area contributed by atoms with Gasteiger partial charge in [0.2, 0.25) is 0 Å². The first kappa shape index (κ1) is 17.6. The molecule has 0 saturated carbocycles. The fourth-order valence-corrected chi connectivity index (χ4v) is 3.61. The molecular weight excluding hydrogens is 309 g/mol. The number of halogens is 1. The van der Waals surface area contributed by atoms with Gasteiger partial charge in [0.05, 0.1) is 11.2 Å². The van der Waals surface area contributed by atoms with E-state index in [0.29, 0.717) is 0 Å². The van der Waals surface area contributed by atoms with E-state index in [2.05, 4.69) is 45.9 Å². The molecule has 0 atom stereocenters. The van der Waals surface area contributed by atoms with Crippen molar-refractivity contribution in [1.82, 2.24) is 4.98 Å². The van der Waals surface area contributed by atoms with Crippen molar-refractivity contribution >= 4 is 10.9 Å².